The van der Waals surface area contributed by atoms with Gasteiger partial charge in [0.15, 0.2) is 0 Å². The summed E-state index contributed by atoms with van der Waals surface area (Å²) in [6.45, 7) is 1.53. The Labute approximate surface area is 121 Å². The normalized spacial score (nSPS) is 10.4. The second kappa shape index (κ2) is 6.70. The summed E-state index contributed by atoms with van der Waals surface area (Å²) in [7, 11) is 1.38. The number of hydrogen-bond acceptors (Lipinski definition) is 4. The standard InChI is InChI=1S/C14H14ClNO2S/c1-18-14(17)11-4-2-10(3-5-11)8-16-9-12-6-7-13(15)19-12/h2-7,16H,8-9H2,1H3. The van der Waals surface area contributed by atoms with Crippen molar-refractivity contribution in [3.63, 3.8) is 0 Å². The van der Waals surface area contributed by atoms with Crippen LogP contribution >= 0.6 is 22.9 Å². The van der Waals surface area contributed by atoms with Crippen LogP contribution in [0, 0.1) is 0 Å². The van der Waals surface area contributed by atoms with E-state index in [0.29, 0.717) is 5.56 Å². The van der Waals surface area contributed by atoms with Crippen molar-refractivity contribution in [2.24, 2.45) is 0 Å². The maximum atomic E-state index is 11.3. The molecule has 0 amide bonds. The molecule has 0 bridgehead atoms. The van der Waals surface area contributed by atoms with E-state index in [9.17, 15) is 4.79 Å². The van der Waals surface area contributed by atoms with Crippen LogP contribution in [0.15, 0.2) is 36.4 Å². The molecular formula is C14H14ClNO2S. The van der Waals surface area contributed by atoms with Gasteiger partial charge in [-0.3, -0.25) is 0 Å². The fourth-order valence-electron chi connectivity index (χ4n) is 1.65. The largest absolute Gasteiger partial charge is 0.465 e. The van der Waals surface area contributed by atoms with Gasteiger partial charge in [0.2, 0.25) is 0 Å². The molecule has 0 radical (unpaired) electrons. The predicted octanol–water partition coefficient (Wildman–Crippen LogP) is 3.48. The van der Waals surface area contributed by atoms with Crippen molar-refractivity contribution >= 4 is 28.9 Å². The summed E-state index contributed by atoms with van der Waals surface area (Å²) < 4.78 is 5.46. The third kappa shape index (κ3) is 4.06. The summed E-state index contributed by atoms with van der Waals surface area (Å²) in [5, 5.41) is 3.33. The highest BCUT2D eigenvalue weighted by molar-refractivity contribution is 7.16. The average molecular weight is 296 g/mol. The number of thiophene rings is 1. The third-order valence-electron chi connectivity index (χ3n) is 2.63. The van der Waals surface area contributed by atoms with Gasteiger partial charge in [0.1, 0.15) is 0 Å². The Bertz CT molecular complexity index is 551. The molecule has 0 atom stereocenters. The Morgan fingerprint density at radius 1 is 1.21 bits per heavy atom. The first-order valence-corrected chi connectivity index (χ1v) is 7.00. The molecule has 1 heterocycles. The first-order chi connectivity index (χ1) is 9.19. The van der Waals surface area contributed by atoms with Crippen molar-refractivity contribution in [2.75, 3.05) is 7.11 Å². The number of benzene rings is 1. The first kappa shape index (κ1) is 14.1. The van der Waals surface area contributed by atoms with Crippen molar-refractivity contribution < 1.29 is 9.53 Å². The zero-order valence-corrected chi connectivity index (χ0v) is 12.1. The van der Waals surface area contributed by atoms with Gasteiger partial charge in [0, 0.05) is 18.0 Å². The summed E-state index contributed by atoms with van der Waals surface area (Å²) in [5.74, 6) is -0.312. The van der Waals surface area contributed by atoms with E-state index >= 15 is 0 Å². The van der Waals surface area contributed by atoms with Crippen LogP contribution in [0.5, 0.6) is 0 Å². The van der Waals surface area contributed by atoms with Crippen molar-refractivity contribution in [2.45, 2.75) is 13.1 Å². The highest BCUT2D eigenvalue weighted by atomic mass is 35.5. The van der Waals surface area contributed by atoms with Crippen LogP contribution in [-0.2, 0) is 17.8 Å². The molecule has 0 saturated carbocycles. The van der Waals surface area contributed by atoms with Crippen molar-refractivity contribution in [1.82, 2.24) is 5.32 Å². The molecule has 0 aliphatic rings. The molecule has 3 nitrogen and oxygen atoms in total. The van der Waals surface area contributed by atoms with Gasteiger partial charge in [-0.05, 0) is 29.8 Å². The minimum Gasteiger partial charge on any atom is -0.465 e. The molecule has 0 aliphatic carbocycles. The van der Waals surface area contributed by atoms with Crippen molar-refractivity contribution in [3.05, 3.63) is 56.7 Å². The van der Waals surface area contributed by atoms with Crippen LogP contribution < -0.4 is 5.32 Å². The van der Waals surface area contributed by atoms with Gasteiger partial charge in [-0.25, -0.2) is 4.79 Å². The molecule has 0 unspecified atom stereocenters. The van der Waals surface area contributed by atoms with E-state index in [-0.39, 0.29) is 5.97 Å². The molecule has 0 aliphatic heterocycles. The van der Waals surface area contributed by atoms with E-state index < -0.39 is 0 Å². The molecule has 19 heavy (non-hydrogen) atoms. The quantitative estimate of drug-likeness (QED) is 0.858. The van der Waals surface area contributed by atoms with Crippen LogP contribution in [0.25, 0.3) is 0 Å². The van der Waals surface area contributed by atoms with E-state index in [4.69, 9.17) is 11.6 Å². The van der Waals surface area contributed by atoms with Gasteiger partial charge in [0.25, 0.3) is 0 Å². The first-order valence-electron chi connectivity index (χ1n) is 5.81. The molecule has 5 heteroatoms. The highest BCUT2D eigenvalue weighted by Crippen LogP contribution is 2.21. The number of hydrogen-bond donors (Lipinski definition) is 1. The van der Waals surface area contributed by atoms with Gasteiger partial charge in [0.05, 0.1) is 17.0 Å². The van der Waals surface area contributed by atoms with E-state index in [1.165, 1.54) is 12.0 Å². The summed E-state index contributed by atoms with van der Waals surface area (Å²) in [6.07, 6.45) is 0. The minimum absolute atomic E-state index is 0.312. The van der Waals surface area contributed by atoms with Gasteiger partial charge in [-0.2, -0.15) is 0 Å². The molecular weight excluding hydrogens is 282 g/mol. The maximum Gasteiger partial charge on any atom is 0.337 e. The Kier molecular flexibility index (Phi) is 4.96. The SMILES string of the molecule is COC(=O)c1ccc(CNCc2ccc(Cl)s2)cc1. The van der Waals surface area contributed by atoms with Crippen LogP contribution in [0.1, 0.15) is 20.8 Å². The predicted molar refractivity (Wildman–Crippen MR) is 77.7 cm³/mol. The number of esters is 1. The fourth-order valence-corrected chi connectivity index (χ4v) is 2.71. The number of carbonyl (C=O) groups excluding carboxylic acids is 1. The van der Waals surface area contributed by atoms with Gasteiger partial charge < -0.3 is 10.1 Å². The zero-order valence-electron chi connectivity index (χ0n) is 10.5. The topological polar surface area (TPSA) is 38.3 Å². The molecule has 1 N–H and O–H groups in total. The van der Waals surface area contributed by atoms with E-state index in [1.54, 1.807) is 23.5 Å². The van der Waals surface area contributed by atoms with E-state index in [1.807, 2.05) is 24.3 Å². The van der Waals surface area contributed by atoms with Crippen LogP contribution in [0.3, 0.4) is 0 Å². The molecule has 100 valence electrons. The number of rotatable bonds is 5. The monoisotopic (exact) mass is 295 g/mol. The van der Waals surface area contributed by atoms with Crippen LogP contribution in [0.4, 0.5) is 0 Å². The van der Waals surface area contributed by atoms with E-state index in [2.05, 4.69) is 10.1 Å². The maximum absolute atomic E-state index is 11.3. The van der Waals surface area contributed by atoms with E-state index in [0.717, 1.165) is 23.0 Å². The van der Waals surface area contributed by atoms with Gasteiger partial charge in [-0.1, -0.05) is 23.7 Å². The smallest absolute Gasteiger partial charge is 0.337 e. The second-order valence-electron chi connectivity index (χ2n) is 4.00. The van der Waals surface area contributed by atoms with Crippen LogP contribution in [-0.4, -0.2) is 13.1 Å². The van der Waals surface area contributed by atoms with Crippen LogP contribution in [0.2, 0.25) is 4.34 Å². The average Bonchev–Trinajstić information content (AvgIpc) is 2.84. The number of nitrogens with one attached hydrogen (secondary N) is 1. The molecule has 1 aromatic carbocycles. The molecule has 2 aromatic rings. The summed E-state index contributed by atoms with van der Waals surface area (Å²) in [4.78, 5) is 12.5. The lowest BCUT2D eigenvalue weighted by molar-refractivity contribution is 0.0600. The zero-order chi connectivity index (χ0) is 13.7. The van der Waals surface area contributed by atoms with Crippen molar-refractivity contribution in [3.8, 4) is 0 Å². The molecule has 2 rings (SSSR count). The third-order valence-corrected chi connectivity index (χ3v) is 3.86. The molecule has 0 spiro atoms. The second-order valence-corrected chi connectivity index (χ2v) is 5.80. The highest BCUT2D eigenvalue weighted by Gasteiger charge is 2.04. The number of ether oxygens (including phenoxy) is 1. The summed E-state index contributed by atoms with van der Waals surface area (Å²) in [5.41, 5.74) is 1.69. The molecule has 0 fully saturated rings. The Balaban J connectivity index is 1.84. The Morgan fingerprint density at radius 2 is 1.95 bits per heavy atom. The number of halogens is 1. The van der Waals surface area contributed by atoms with Gasteiger partial charge >= 0.3 is 5.97 Å². The molecule has 1 aromatic heterocycles. The van der Waals surface area contributed by atoms with Gasteiger partial charge in [-0.15, -0.1) is 11.3 Å². The Morgan fingerprint density at radius 3 is 2.53 bits per heavy atom. The summed E-state index contributed by atoms with van der Waals surface area (Å²) in [6, 6.07) is 11.3. The fraction of sp³-hybridized carbons (Fsp3) is 0.214. The number of carbonyl (C=O) groups is 1. The lowest BCUT2D eigenvalue weighted by Gasteiger charge is -2.04. The van der Waals surface area contributed by atoms with Crippen molar-refractivity contribution in [1.29, 1.82) is 0 Å². The molecule has 0 saturated heterocycles. The number of methoxy groups -OCH3 is 1. The lowest BCUT2D eigenvalue weighted by Crippen LogP contribution is -2.12. The summed E-state index contributed by atoms with van der Waals surface area (Å²) >= 11 is 7.44. The Hall–Kier alpha value is -1.36. The minimum atomic E-state index is -0.312. The lowest BCUT2D eigenvalue weighted by atomic mass is 10.1.